The van der Waals surface area contributed by atoms with Crippen molar-refractivity contribution < 1.29 is 4.74 Å². The molecule has 1 fully saturated rings. The Balaban J connectivity index is 1.91. The van der Waals surface area contributed by atoms with Crippen molar-refractivity contribution in [1.29, 1.82) is 0 Å². The third-order valence-electron chi connectivity index (χ3n) is 3.46. The molecule has 2 heteroatoms. The molecule has 2 aliphatic rings. The van der Waals surface area contributed by atoms with E-state index in [0.29, 0.717) is 5.92 Å². The van der Waals surface area contributed by atoms with Crippen LogP contribution in [0.3, 0.4) is 0 Å². The molecule has 0 aromatic rings. The van der Waals surface area contributed by atoms with E-state index in [4.69, 9.17) is 10.5 Å². The van der Waals surface area contributed by atoms with Crippen molar-refractivity contribution in [2.45, 2.75) is 44.6 Å². The number of nitrogens with two attached hydrogens (primary N) is 1. The Morgan fingerprint density at radius 1 is 1.36 bits per heavy atom. The van der Waals surface area contributed by atoms with Gasteiger partial charge in [0.15, 0.2) is 0 Å². The summed E-state index contributed by atoms with van der Waals surface area (Å²) in [4.78, 5) is 0. The molecule has 80 valence electrons. The van der Waals surface area contributed by atoms with Crippen molar-refractivity contribution in [2.75, 3.05) is 13.2 Å². The summed E-state index contributed by atoms with van der Waals surface area (Å²) < 4.78 is 5.49. The summed E-state index contributed by atoms with van der Waals surface area (Å²) in [6.45, 7) is 1.81. The molecule has 1 aliphatic heterocycles. The monoisotopic (exact) mass is 195 g/mol. The number of hydrogen-bond acceptors (Lipinski definition) is 2. The van der Waals surface area contributed by atoms with Gasteiger partial charge in [-0.05, 0) is 38.5 Å². The lowest BCUT2D eigenvalue weighted by Crippen LogP contribution is -2.37. The number of hydrogen-bond donors (Lipinski definition) is 1. The Morgan fingerprint density at radius 2 is 2.29 bits per heavy atom. The summed E-state index contributed by atoms with van der Waals surface area (Å²) >= 11 is 0. The fraction of sp³-hybridized carbons (Fsp3) is 0.833. The SMILES string of the molecule is NC(C1=CCCCC1)C1CCCOC1. The van der Waals surface area contributed by atoms with Crippen molar-refractivity contribution in [1.82, 2.24) is 0 Å². The average molecular weight is 195 g/mol. The Bertz CT molecular complexity index is 206. The standard InChI is InChI=1S/C12H21NO/c13-12(10-5-2-1-3-6-10)11-7-4-8-14-9-11/h5,11-12H,1-4,6-9,13H2. The van der Waals surface area contributed by atoms with Crippen LogP contribution in [0.5, 0.6) is 0 Å². The second-order valence-corrected chi connectivity index (χ2v) is 4.53. The highest BCUT2D eigenvalue weighted by molar-refractivity contribution is 5.14. The third kappa shape index (κ3) is 2.37. The molecule has 2 N–H and O–H groups in total. The van der Waals surface area contributed by atoms with Crippen molar-refractivity contribution in [3.8, 4) is 0 Å². The lowest BCUT2D eigenvalue weighted by atomic mass is 9.84. The maximum Gasteiger partial charge on any atom is 0.0512 e. The van der Waals surface area contributed by atoms with Gasteiger partial charge < -0.3 is 10.5 Å². The van der Waals surface area contributed by atoms with E-state index < -0.39 is 0 Å². The Hall–Kier alpha value is -0.340. The van der Waals surface area contributed by atoms with Gasteiger partial charge in [0.1, 0.15) is 0 Å². The molecule has 0 aromatic carbocycles. The summed E-state index contributed by atoms with van der Waals surface area (Å²) in [5.41, 5.74) is 7.77. The largest absolute Gasteiger partial charge is 0.381 e. The van der Waals surface area contributed by atoms with Crippen molar-refractivity contribution in [3.63, 3.8) is 0 Å². The first-order valence-corrected chi connectivity index (χ1v) is 5.90. The zero-order valence-electron chi connectivity index (χ0n) is 8.87. The number of ether oxygens (including phenoxy) is 1. The van der Waals surface area contributed by atoms with Gasteiger partial charge in [0.2, 0.25) is 0 Å². The summed E-state index contributed by atoms with van der Waals surface area (Å²) in [7, 11) is 0. The van der Waals surface area contributed by atoms with E-state index in [2.05, 4.69) is 6.08 Å². The number of allylic oxidation sites excluding steroid dienone is 1. The van der Waals surface area contributed by atoms with Gasteiger partial charge in [0.05, 0.1) is 6.61 Å². The lowest BCUT2D eigenvalue weighted by molar-refractivity contribution is 0.0486. The van der Waals surface area contributed by atoms with Crippen LogP contribution in [0.25, 0.3) is 0 Å². The molecule has 0 aromatic heterocycles. The zero-order valence-corrected chi connectivity index (χ0v) is 8.87. The highest BCUT2D eigenvalue weighted by atomic mass is 16.5. The van der Waals surface area contributed by atoms with E-state index in [-0.39, 0.29) is 6.04 Å². The van der Waals surface area contributed by atoms with Gasteiger partial charge in [-0.2, -0.15) is 0 Å². The fourth-order valence-corrected chi connectivity index (χ4v) is 2.52. The van der Waals surface area contributed by atoms with Gasteiger partial charge in [-0.1, -0.05) is 11.6 Å². The van der Waals surface area contributed by atoms with Gasteiger partial charge in [-0.25, -0.2) is 0 Å². The molecular formula is C12H21NO. The molecule has 1 aliphatic carbocycles. The molecule has 14 heavy (non-hydrogen) atoms. The zero-order chi connectivity index (χ0) is 9.80. The Labute approximate surface area is 86.5 Å². The third-order valence-corrected chi connectivity index (χ3v) is 3.46. The van der Waals surface area contributed by atoms with Crippen LogP contribution in [-0.2, 0) is 4.74 Å². The molecule has 0 saturated carbocycles. The first-order chi connectivity index (χ1) is 6.88. The molecule has 0 amide bonds. The maximum absolute atomic E-state index is 6.27. The second kappa shape index (κ2) is 4.94. The van der Waals surface area contributed by atoms with Crippen LogP contribution in [0.15, 0.2) is 11.6 Å². The van der Waals surface area contributed by atoms with Crippen LogP contribution in [0, 0.1) is 5.92 Å². The molecule has 0 radical (unpaired) electrons. The quantitative estimate of drug-likeness (QED) is 0.686. The summed E-state index contributed by atoms with van der Waals surface area (Å²) in [5.74, 6) is 0.577. The van der Waals surface area contributed by atoms with Crippen molar-refractivity contribution in [2.24, 2.45) is 11.7 Å². The first-order valence-electron chi connectivity index (χ1n) is 5.90. The lowest BCUT2D eigenvalue weighted by Gasteiger charge is -2.30. The highest BCUT2D eigenvalue weighted by Crippen LogP contribution is 2.26. The normalized spacial score (nSPS) is 30.9. The molecule has 1 heterocycles. The molecule has 2 rings (SSSR count). The highest BCUT2D eigenvalue weighted by Gasteiger charge is 2.24. The Kier molecular flexibility index (Phi) is 3.60. The van der Waals surface area contributed by atoms with Crippen LogP contribution >= 0.6 is 0 Å². The summed E-state index contributed by atoms with van der Waals surface area (Å²) in [6.07, 6.45) is 9.92. The van der Waals surface area contributed by atoms with E-state index >= 15 is 0 Å². The van der Waals surface area contributed by atoms with E-state index in [9.17, 15) is 0 Å². The van der Waals surface area contributed by atoms with Gasteiger partial charge in [0.25, 0.3) is 0 Å². The summed E-state index contributed by atoms with van der Waals surface area (Å²) in [6, 6.07) is 0.274. The van der Waals surface area contributed by atoms with E-state index in [1.54, 1.807) is 0 Å². The van der Waals surface area contributed by atoms with Crippen LogP contribution in [0.4, 0.5) is 0 Å². The molecule has 1 saturated heterocycles. The van der Waals surface area contributed by atoms with E-state index in [0.717, 1.165) is 13.2 Å². The molecule has 2 unspecified atom stereocenters. The predicted molar refractivity (Wildman–Crippen MR) is 58.1 cm³/mol. The molecule has 2 atom stereocenters. The van der Waals surface area contributed by atoms with Crippen LogP contribution in [0.1, 0.15) is 38.5 Å². The van der Waals surface area contributed by atoms with Crippen molar-refractivity contribution in [3.05, 3.63) is 11.6 Å². The van der Waals surface area contributed by atoms with Gasteiger partial charge in [0, 0.05) is 18.6 Å². The molecule has 2 nitrogen and oxygen atoms in total. The van der Waals surface area contributed by atoms with Crippen molar-refractivity contribution >= 4 is 0 Å². The average Bonchev–Trinajstić information content (AvgIpc) is 2.30. The Morgan fingerprint density at radius 3 is 2.93 bits per heavy atom. The van der Waals surface area contributed by atoms with Gasteiger partial charge in [-0.3, -0.25) is 0 Å². The smallest absolute Gasteiger partial charge is 0.0512 e. The van der Waals surface area contributed by atoms with Gasteiger partial charge in [-0.15, -0.1) is 0 Å². The molecule has 0 spiro atoms. The van der Waals surface area contributed by atoms with Crippen LogP contribution in [-0.4, -0.2) is 19.3 Å². The van der Waals surface area contributed by atoms with Crippen LogP contribution < -0.4 is 5.73 Å². The number of rotatable bonds is 2. The summed E-state index contributed by atoms with van der Waals surface area (Å²) in [5, 5.41) is 0. The first kappa shape index (κ1) is 10.2. The predicted octanol–water partition coefficient (Wildman–Crippen LogP) is 2.24. The molecule has 0 bridgehead atoms. The minimum atomic E-state index is 0.274. The molecular weight excluding hydrogens is 174 g/mol. The van der Waals surface area contributed by atoms with E-state index in [1.165, 1.54) is 44.1 Å². The van der Waals surface area contributed by atoms with Gasteiger partial charge >= 0.3 is 0 Å². The topological polar surface area (TPSA) is 35.2 Å². The van der Waals surface area contributed by atoms with E-state index in [1.807, 2.05) is 0 Å². The maximum atomic E-state index is 6.27. The minimum absolute atomic E-state index is 0.274. The van der Waals surface area contributed by atoms with Crippen LogP contribution in [0.2, 0.25) is 0 Å². The fourth-order valence-electron chi connectivity index (χ4n) is 2.52. The second-order valence-electron chi connectivity index (χ2n) is 4.53. The minimum Gasteiger partial charge on any atom is -0.381 e.